The van der Waals surface area contributed by atoms with Crippen LogP contribution in [0, 0.1) is 0 Å². The van der Waals surface area contributed by atoms with Crippen molar-refractivity contribution in [3.8, 4) is 0 Å². The summed E-state index contributed by atoms with van der Waals surface area (Å²) in [6.07, 6.45) is 38.0. The molecule has 0 spiro atoms. The van der Waals surface area contributed by atoms with Gasteiger partial charge < -0.3 is 9.47 Å². The standard InChI is InChI=1S/C43H60O4/c1-34(2)18-13-21-37(5)23-14-24-38(6)25-16-27-40(8)32-33-47-42(44)31-30-39(7)26-15-22-35(3)19-11-12-20-36(4)28-17-29-41(9)43(45)46-10/h11-12,15,17-20,22-23,25-26,28-32H,13-14,16,21,24,27,33H2,1-10H3. The molecule has 0 aliphatic carbocycles. The lowest BCUT2D eigenvalue weighted by Crippen LogP contribution is -2.00. The molecule has 0 fully saturated rings. The average Bonchev–Trinajstić information content (AvgIpc) is 3.01. The predicted octanol–water partition coefficient (Wildman–Crippen LogP) is 11.9. The highest BCUT2D eigenvalue weighted by Crippen LogP contribution is 2.13. The topological polar surface area (TPSA) is 52.6 Å². The second kappa shape index (κ2) is 27.0. The zero-order valence-electron chi connectivity index (χ0n) is 30.8. The van der Waals surface area contributed by atoms with Crippen molar-refractivity contribution in [1.29, 1.82) is 0 Å². The molecule has 0 aromatic carbocycles. The molecular formula is C43H60O4. The lowest BCUT2D eigenvalue weighted by molar-refractivity contribution is -0.137. The number of carbonyl (C=O) groups is 2. The van der Waals surface area contributed by atoms with Crippen LogP contribution >= 0.6 is 0 Å². The van der Waals surface area contributed by atoms with Gasteiger partial charge in [-0.25, -0.2) is 9.59 Å². The molecule has 4 heteroatoms. The van der Waals surface area contributed by atoms with Gasteiger partial charge in [-0.3, -0.25) is 0 Å². The molecule has 0 aromatic heterocycles. The Bertz CT molecular complexity index is 1350. The fourth-order valence-electron chi connectivity index (χ4n) is 4.01. The van der Waals surface area contributed by atoms with Gasteiger partial charge in [0.1, 0.15) is 6.61 Å². The summed E-state index contributed by atoms with van der Waals surface area (Å²) in [5.74, 6) is -0.678. The third-order valence-electron chi connectivity index (χ3n) is 7.05. The van der Waals surface area contributed by atoms with Crippen molar-refractivity contribution in [3.05, 3.63) is 142 Å². The number of esters is 2. The highest BCUT2D eigenvalue weighted by Gasteiger charge is 2.00. The quantitative estimate of drug-likeness (QED) is 0.0575. The molecule has 0 heterocycles. The van der Waals surface area contributed by atoms with Crippen LogP contribution in [-0.2, 0) is 19.1 Å². The Kier molecular flexibility index (Phi) is 24.6. The van der Waals surface area contributed by atoms with Crippen molar-refractivity contribution in [2.75, 3.05) is 13.7 Å². The van der Waals surface area contributed by atoms with Crippen LogP contribution in [0.25, 0.3) is 0 Å². The van der Waals surface area contributed by atoms with Gasteiger partial charge in [0.15, 0.2) is 0 Å². The van der Waals surface area contributed by atoms with E-state index >= 15 is 0 Å². The number of rotatable bonds is 20. The highest BCUT2D eigenvalue weighted by molar-refractivity contribution is 5.87. The molecular weight excluding hydrogens is 580 g/mol. The van der Waals surface area contributed by atoms with E-state index in [4.69, 9.17) is 4.74 Å². The molecule has 0 bridgehead atoms. The molecule has 0 aliphatic heterocycles. The number of hydrogen-bond acceptors (Lipinski definition) is 4. The van der Waals surface area contributed by atoms with Gasteiger partial charge in [0.25, 0.3) is 0 Å². The maximum atomic E-state index is 12.1. The van der Waals surface area contributed by atoms with Gasteiger partial charge in [-0.15, -0.1) is 0 Å². The third-order valence-corrected chi connectivity index (χ3v) is 7.05. The van der Waals surface area contributed by atoms with Crippen molar-refractivity contribution in [2.24, 2.45) is 0 Å². The second-order valence-corrected chi connectivity index (χ2v) is 12.2. The molecule has 0 unspecified atom stereocenters. The van der Waals surface area contributed by atoms with Crippen LogP contribution < -0.4 is 0 Å². The predicted molar refractivity (Wildman–Crippen MR) is 203 cm³/mol. The van der Waals surface area contributed by atoms with Crippen molar-refractivity contribution < 1.29 is 19.1 Å². The van der Waals surface area contributed by atoms with Crippen molar-refractivity contribution in [1.82, 2.24) is 0 Å². The highest BCUT2D eigenvalue weighted by atomic mass is 16.5. The van der Waals surface area contributed by atoms with E-state index in [2.05, 4.69) is 57.6 Å². The zero-order valence-corrected chi connectivity index (χ0v) is 30.8. The third kappa shape index (κ3) is 26.7. The summed E-state index contributed by atoms with van der Waals surface area (Å²) in [6, 6.07) is 0. The number of carbonyl (C=O) groups excluding carboxylic acids is 2. The fourth-order valence-corrected chi connectivity index (χ4v) is 4.01. The van der Waals surface area contributed by atoms with Gasteiger partial charge in [-0.05, 0) is 107 Å². The zero-order chi connectivity index (χ0) is 35.5. The Morgan fingerprint density at radius 1 is 0.511 bits per heavy atom. The number of ether oxygens (including phenoxy) is 2. The van der Waals surface area contributed by atoms with Crippen molar-refractivity contribution in [2.45, 2.75) is 101 Å². The summed E-state index contributed by atoms with van der Waals surface area (Å²) in [5.41, 5.74) is 9.16. The number of hydrogen-bond donors (Lipinski definition) is 0. The molecule has 0 aliphatic rings. The van der Waals surface area contributed by atoms with Gasteiger partial charge in [0.2, 0.25) is 0 Å². The molecule has 4 nitrogen and oxygen atoms in total. The minimum absolute atomic E-state index is 0.284. The van der Waals surface area contributed by atoms with Crippen LogP contribution in [0.1, 0.15) is 101 Å². The Labute approximate surface area is 286 Å². The first-order valence-corrected chi connectivity index (χ1v) is 16.6. The molecule has 256 valence electrons. The fraction of sp³-hybridized carbons (Fsp3) is 0.395. The monoisotopic (exact) mass is 640 g/mol. The first-order valence-electron chi connectivity index (χ1n) is 16.6. The molecule has 0 N–H and O–H groups in total. The van der Waals surface area contributed by atoms with E-state index in [1.807, 2.05) is 81.5 Å². The van der Waals surface area contributed by atoms with Gasteiger partial charge in [-0.1, -0.05) is 124 Å². The van der Waals surface area contributed by atoms with Crippen LogP contribution in [0.15, 0.2) is 142 Å². The first kappa shape index (κ1) is 42.8. The molecule has 0 saturated heterocycles. The largest absolute Gasteiger partial charge is 0.466 e. The van der Waals surface area contributed by atoms with E-state index < -0.39 is 0 Å². The first-order chi connectivity index (χ1) is 22.3. The normalized spacial score (nSPS) is 14.6. The summed E-state index contributed by atoms with van der Waals surface area (Å²) in [4.78, 5) is 23.5. The molecule has 47 heavy (non-hydrogen) atoms. The van der Waals surface area contributed by atoms with Gasteiger partial charge in [-0.2, -0.15) is 0 Å². The summed E-state index contributed by atoms with van der Waals surface area (Å²) in [5, 5.41) is 0. The molecule has 0 radical (unpaired) electrons. The smallest absolute Gasteiger partial charge is 0.333 e. The van der Waals surface area contributed by atoms with Gasteiger partial charge >= 0.3 is 11.9 Å². The molecule has 0 amide bonds. The Morgan fingerprint density at radius 2 is 0.957 bits per heavy atom. The molecule has 0 atom stereocenters. The van der Waals surface area contributed by atoms with Crippen LogP contribution in [0.5, 0.6) is 0 Å². The maximum Gasteiger partial charge on any atom is 0.333 e. The second-order valence-electron chi connectivity index (χ2n) is 12.2. The van der Waals surface area contributed by atoms with Crippen LogP contribution in [0.2, 0.25) is 0 Å². The van der Waals surface area contributed by atoms with Gasteiger partial charge in [0.05, 0.1) is 7.11 Å². The molecule has 0 saturated carbocycles. The lowest BCUT2D eigenvalue weighted by atomic mass is 10.0. The molecule has 0 rings (SSSR count). The summed E-state index contributed by atoms with van der Waals surface area (Å²) >= 11 is 0. The van der Waals surface area contributed by atoms with Crippen LogP contribution in [-0.4, -0.2) is 25.7 Å². The van der Waals surface area contributed by atoms with Crippen molar-refractivity contribution >= 4 is 11.9 Å². The van der Waals surface area contributed by atoms with E-state index in [1.165, 1.54) is 35.5 Å². The van der Waals surface area contributed by atoms with E-state index in [0.29, 0.717) is 5.57 Å². The van der Waals surface area contributed by atoms with Crippen LogP contribution in [0.4, 0.5) is 0 Å². The minimum atomic E-state index is -0.347. The minimum Gasteiger partial charge on any atom is -0.466 e. The van der Waals surface area contributed by atoms with Crippen molar-refractivity contribution in [3.63, 3.8) is 0 Å². The summed E-state index contributed by atoms with van der Waals surface area (Å²) in [6.45, 7) is 18.8. The maximum absolute atomic E-state index is 12.1. The summed E-state index contributed by atoms with van der Waals surface area (Å²) in [7, 11) is 1.37. The van der Waals surface area contributed by atoms with E-state index in [9.17, 15) is 9.59 Å². The number of methoxy groups -OCH3 is 1. The Balaban J connectivity index is 4.53. The van der Waals surface area contributed by atoms with E-state index in [1.54, 1.807) is 19.1 Å². The Hall–Kier alpha value is -4.18. The SMILES string of the molecule is COC(=O)C(C)=CC=CC(C)=CC=CC=C(C)C=CC=C(C)C=CC(=O)OCC=C(C)CCC=C(C)CCC=C(C)CCC=C(C)C. The Morgan fingerprint density at radius 3 is 1.47 bits per heavy atom. The average molecular weight is 641 g/mol. The lowest BCUT2D eigenvalue weighted by Gasteiger charge is -2.03. The molecule has 0 aromatic rings. The number of allylic oxidation sites excluding steroid dienone is 21. The van der Waals surface area contributed by atoms with Gasteiger partial charge in [0, 0.05) is 11.6 Å². The summed E-state index contributed by atoms with van der Waals surface area (Å²) < 4.78 is 10.0. The van der Waals surface area contributed by atoms with E-state index in [0.717, 1.165) is 55.2 Å². The van der Waals surface area contributed by atoms with Crippen LogP contribution in [0.3, 0.4) is 0 Å². The van der Waals surface area contributed by atoms with E-state index in [-0.39, 0.29) is 18.5 Å².